The Morgan fingerprint density at radius 2 is 1.70 bits per heavy atom. The molecule has 0 aliphatic carbocycles. The van der Waals surface area contributed by atoms with Crippen LogP contribution in [-0.4, -0.2) is 29.5 Å². The van der Waals surface area contributed by atoms with Crippen molar-refractivity contribution in [3.63, 3.8) is 0 Å². The van der Waals surface area contributed by atoms with Crippen molar-refractivity contribution in [2.45, 2.75) is 37.0 Å². The molecule has 2 aromatic rings. The van der Waals surface area contributed by atoms with Crippen molar-refractivity contribution in [3.05, 3.63) is 70.3 Å². The number of hydrogen-bond donors (Lipinski definition) is 1. The summed E-state index contributed by atoms with van der Waals surface area (Å²) in [4.78, 5) is 4.65. The molecule has 0 fully saturated rings. The molecule has 0 saturated heterocycles. The van der Waals surface area contributed by atoms with Crippen LogP contribution in [0.3, 0.4) is 0 Å². The predicted molar refractivity (Wildman–Crippen MR) is 97.0 cm³/mol. The molecule has 4 nitrogen and oxygen atoms in total. The lowest BCUT2D eigenvalue weighted by atomic mass is 9.85. The van der Waals surface area contributed by atoms with E-state index in [1.165, 1.54) is 0 Å². The highest BCUT2D eigenvalue weighted by atomic mass is 19.4. The summed E-state index contributed by atoms with van der Waals surface area (Å²) in [5.74, 6) is 0. The second-order valence-corrected chi connectivity index (χ2v) is 7.16. The lowest BCUT2D eigenvalue weighted by Crippen LogP contribution is -2.42. The highest BCUT2D eigenvalue weighted by molar-refractivity contribution is 6.02. The predicted octanol–water partition coefficient (Wildman–Crippen LogP) is 6.20. The largest absolute Gasteiger partial charge is 0.435 e. The second-order valence-electron chi connectivity index (χ2n) is 7.16. The monoisotopic (exact) mass is 484 g/mol. The Labute approximate surface area is 179 Å². The lowest BCUT2D eigenvalue weighted by molar-refractivity contribution is -0.276. The van der Waals surface area contributed by atoms with Gasteiger partial charge in [0.2, 0.25) is 0 Å². The summed E-state index contributed by atoms with van der Waals surface area (Å²) in [6.45, 7) is 0. The fourth-order valence-corrected chi connectivity index (χ4v) is 3.35. The second kappa shape index (κ2) is 8.27. The maximum atomic E-state index is 14.0. The van der Waals surface area contributed by atoms with E-state index in [0.29, 0.717) is 12.1 Å². The van der Waals surface area contributed by atoms with E-state index in [1.807, 2.05) is 0 Å². The van der Waals surface area contributed by atoms with Crippen molar-refractivity contribution >= 4 is 11.9 Å². The minimum atomic E-state index is -5.21. The molecule has 1 atom stereocenters. The minimum absolute atomic E-state index is 0.141. The summed E-state index contributed by atoms with van der Waals surface area (Å²) in [7, 11) is 0. The molecule has 0 aromatic heterocycles. The zero-order valence-corrected chi connectivity index (χ0v) is 16.2. The van der Waals surface area contributed by atoms with Crippen molar-refractivity contribution in [2.24, 2.45) is 10.3 Å². The molecule has 3 rings (SSSR count). The van der Waals surface area contributed by atoms with Gasteiger partial charge in [-0.05, 0) is 34.9 Å². The first kappa shape index (κ1) is 24.4. The highest BCUT2D eigenvalue weighted by Gasteiger charge is 2.62. The van der Waals surface area contributed by atoms with Crippen LogP contribution in [0.5, 0.6) is 0 Å². The zero-order chi connectivity index (χ0) is 24.7. The summed E-state index contributed by atoms with van der Waals surface area (Å²) < 4.78 is 120. The fraction of sp³-hybridized carbons (Fsp3) is 0.300. The molecule has 1 aliphatic rings. The molecule has 0 radical (unpaired) electrons. The summed E-state index contributed by atoms with van der Waals surface area (Å²) >= 11 is 0. The van der Waals surface area contributed by atoms with Crippen molar-refractivity contribution in [2.75, 3.05) is 0 Å². The Morgan fingerprint density at radius 3 is 2.27 bits per heavy atom. The van der Waals surface area contributed by atoms with Crippen LogP contribution in [0.2, 0.25) is 0 Å². The Bertz CT molecular complexity index is 1090. The first-order chi connectivity index (χ1) is 15.2. The molecule has 0 bridgehead atoms. The maximum Gasteiger partial charge on any atom is 0.435 e. The molecule has 1 unspecified atom stereocenters. The van der Waals surface area contributed by atoms with Crippen LogP contribution >= 0.6 is 0 Å². The first-order valence-electron chi connectivity index (χ1n) is 9.03. The third kappa shape index (κ3) is 5.06. The molecule has 1 N–H and O–H groups in total. The molecular weight excluding hydrogens is 471 g/mol. The smallest absolute Gasteiger partial charge is 0.411 e. The van der Waals surface area contributed by atoms with Gasteiger partial charge in [0.25, 0.3) is 5.60 Å². The van der Waals surface area contributed by atoms with Crippen LogP contribution in [0.15, 0.2) is 52.8 Å². The molecule has 0 spiro atoms. The van der Waals surface area contributed by atoms with Crippen molar-refractivity contribution < 1.29 is 49.6 Å². The molecule has 13 heteroatoms. The van der Waals surface area contributed by atoms with Crippen LogP contribution in [0, 0.1) is 0 Å². The normalized spacial score (nSPS) is 19.6. The Morgan fingerprint density at radius 1 is 1.00 bits per heavy atom. The van der Waals surface area contributed by atoms with Gasteiger partial charge in [0, 0.05) is 12.0 Å². The van der Waals surface area contributed by atoms with Crippen LogP contribution in [0.1, 0.15) is 34.2 Å². The third-order valence-corrected chi connectivity index (χ3v) is 4.91. The fourth-order valence-electron chi connectivity index (χ4n) is 3.35. The summed E-state index contributed by atoms with van der Waals surface area (Å²) in [6.07, 6.45) is -16.6. The average Bonchev–Trinajstić information content (AvgIpc) is 3.15. The number of nitrogens with zero attached hydrogens (tertiary/aromatic N) is 2. The van der Waals surface area contributed by atoms with Crippen molar-refractivity contribution in [3.8, 4) is 0 Å². The quantitative estimate of drug-likeness (QED) is 0.243. The van der Waals surface area contributed by atoms with Crippen LogP contribution < -0.4 is 0 Å². The van der Waals surface area contributed by atoms with E-state index in [0.717, 1.165) is 36.5 Å². The Kier molecular flexibility index (Phi) is 6.11. The number of alkyl halides is 9. The van der Waals surface area contributed by atoms with Gasteiger partial charge < -0.3 is 10.0 Å². The van der Waals surface area contributed by atoms with E-state index in [1.54, 1.807) is 0 Å². The Hall–Kier alpha value is -3.25. The third-order valence-electron chi connectivity index (χ3n) is 4.91. The molecule has 33 heavy (non-hydrogen) atoms. The van der Waals surface area contributed by atoms with Gasteiger partial charge in [-0.1, -0.05) is 34.6 Å². The molecule has 2 aromatic carbocycles. The van der Waals surface area contributed by atoms with Crippen LogP contribution in [0.25, 0.3) is 0 Å². The van der Waals surface area contributed by atoms with Crippen molar-refractivity contribution in [1.82, 2.24) is 0 Å². The van der Waals surface area contributed by atoms with Gasteiger partial charge in [-0.25, -0.2) is 0 Å². The van der Waals surface area contributed by atoms with Crippen LogP contribution in [-0.2, 0) is 23.0 Å². The zero-order valence-electron chi connectivity index (χ0n) is 16.2. The lowest BCUT2D eigenvalue weighted by Gasteiger charge is -2.30. The molecule has 0 saturated carbocycles. The van der Waals surface area contributed by atoms with Gasteiger partial charge >= 0.3 is 18.5 Å². The molecule has 1 heterocycles. The number of halogens is 9. The van der Waals surface area contributed by atoms with E-state index < -0.39 is 59.4 Å². The van der Waals surface area contributed by atoms with Crippen LogP contribution in [0.4, 0.5) is 39.5 Å². The van der Waals surface area contributed by atoms with Gasteiger partial charge in [0.05, 0.1) is 23.9 Å². The standard InChI is InChI=1S/C20H13F9N2O2/c21-18(22,23)8-13-6-11(4-5-12(13)10-30-32)16-9-17(33-31-16,20(27,28)29)14-2-1-3-15(7-14)19(24,25)26/h1-7,10,32H,8-9H2/b30-10+. The molecule has 178 valence electrons. The highest BCUT2D eigenvalue weighted by Crippen LogP contribution is 2.49. The summed E-state index contributed by atoms with van der Waals surface area (Å²) in [5.41, 5.74) is -6.59. The van der Waals surface area contributed by atoms with Gasteiger partial charge in [-0.3, -0.25) is 0 Å². The van der Waals surface area contributed by atoms with E-state index in [-0.39, 0.29) is 11.1 Å². The molecular formula is C20H13F9N2O2. The summed E-state index contributed by atoms with van der Waals surface area (Å²) in [5, 5.41) is 14.6. The van der Waals surface area contributed by atoms with E-state index in [9.17, 15) is 39.5 Å². The topological polar surface area (TPSA) is 54.2 Å². The first-order valence-corrected chi connectivity index (χ1v) is 9.03. The summed E-state index contributed by atoms with van der Waals surface area (Å²) in [6, 6.07) is 5.60. The van der Waals surface area contributed by atoms with Gasteiger partial charge in [-0.2, -0.15) is 39.5 Å². The van der Waals surface area contributed by atoms with E-state index >= 15 is 0 Å². The van der Waals surface area contributed by atoms with Gasteiger partial charge in [-0.15, -0.1) is 0 Å². The molecule has 1 aliphatic heterocycles. The van der Waals surface area contributed by atoms with Crippen molar-refractivity contribution in [1.29, 1.82) is 0 Å². The average molecular weight is 484 g/mol. The number of rotatable bonds is 4. The number of hydrogen-bond acceptors (Lipinski definition) is 4. The Balaban J connectivity index is 2.03. The maximum absolute atomic E-state index is 14.0. The minimum Gasteiger partial charge on any atom is -0.411 e. The SMILES string of the molecule is O/N=C/c1ccc(C2=NOC(c3cccc(C(F)(F)F)c3)(C(F)(F)F)C2)cc1CC(F)(F)F. The number of oxime groups is 2. The van der Waals surface area contributed by atoms with E-state index in [2.05, 4.69) is 15.1 Å². The van der Waals surface area contributed by atoms with Gasteiger partial charge in [0.1, 0.15) is 0 Å². The number of benzene rings is 2. The van der Waals surface area contributed by atoms with E-state index in [4.69, 9.17) is 5.21 Å². The molecule has 0 amide bonds. The van der Waals surface area contributed by atoms with Gasteiger partial charge in [0.15, 0.2) is 0 Å².